The standard InChI is InChI=1S/C17H23ClN2O4/c1-19-16(22)17(11-23-2)7-4-8-20(17)15(21)10-12-9-13(18)5-6-14(12)24-3/h5-6,9H,4,7-8,10-11H2,1-3H3,(H,19,22). The molecule has 1 fully saturated rings. The predicted octanol–water partition coefficient (Wildman–Crippen LogP) is 1.64. The van der Waals surface area contributed by atoms with Gasteiger partial charge in [-0.15, -0.1) is 0 Å². The van der Waals surface area contributed by atoms with E-state index in [-0.39, 0.29) is 24.8 Å². The number of hydrogen-bond acceptors (Lipinski definition) is 4. The van der Waals surface area contributed by atoms with Crippen LogP contribution in [0.15, 0.2) is 18.2 Å². The van der Waals surface area contributed by atoms with Crippen molar-refractivity contribution in [3.05, 3.63) is 28.8 Å². The molecule has 0 bridgehead atoms. The van der Waals surface area contributed by atoms with Gasteiger partial charge in [-0.25, -0.2) is 0 Å². The van der Waals surface area contributed by atoms with E-state index in [0.29, 0.717) is 29.3 Å². The first-order valence-electron chi connectivity index (χ1n) is 7.82. The van der Waals surface area contributed by atoms with Crippen LogP contribution < -0.4 is 10.1 Å². The second-order valence-electron chi connectivity index (χ2n) is 5.83. The molecule has 2 amide bonds. The first kappa shape index (κ1) is 18.5. The van der Waals surface area contributed by atoms with E-state index in [4.69, 9.17) is 21.1 Å². The average molecular weight is 355 g/mol. The maximum Gasteiger partial charge on any atom is 0.248 e. The molecule has 1 atom stereocenters. The number of benzene rings is 1. The number of amides is 2. The number of likely N-dealkylation sites (N-methyl/N-ethyl adjacent to an activating group) is 1. The molecule has 1 heterocycles. The van der Waals surface area contributed by atoms with Crippen molar-refractivity contribution in [3.63, 3.8) is 0 Å². The van der Waals surface area contributed by atoms with Crippen molar-refractivity contribution in [1.82, 2.24) is 10.2 Å². The Hall–Kier alpha value is -1.79. The van der Waals surface area contributed by atoms with Gasteiger partial charge in [-0.05, 0) is 31.0 Å². The summed E-state index contributed by atoms with van der Waals surface area (Å²) in [5, 5.41) is 3.19. The number of likely N-dealkylation sites (tertiary alicyclic amines) is 1. The molecular formula is C17H23ClN2O4. The van der Waals surface area contributed by atoms with E-state index in [0.717, 1.165) is 6.42 Å². The van der Waals surface area contributed by atoms with Gasteiger partial charge in [0.15, 0.2) is 0 Å². The number of methoxy groups -OCH3 is 2. The molecule has 0 radical (unpaired) electrons. The highest BCUT2D eigenvalue weighted by molar-refractivity contribution is 6.30. The van der Waals surface area contributed by atoms with Gasteiger partial charge in [0.1, 0.15) is 11.3 Å². The number of halogens is 1. The van der Waals surface area contributed by atoms with Crippen molar-refractivity contribution in [2.24, 2.45) is 0 Å². The van der Waals surface area contributed by atoms with Crippen molar-refractivity contribution in [2.45, 2.75) is 24.8 Å². The van der Waals surface area contributed by atoms with Crippen molar-refractivity contribution in [3.8, 4) is 5.75 Å². The minimum absolute atomic E-state index is 0.117. The molecule has 0 aliphatic carbocycles. The number of carbonyl (C=O) groups is 2. The molecule has 1 saturated heterocycles. The molecule has 0 aromatic heterocycles. The first-order valence-corrected chi connectivity index (χ1v) is 8.20. The zero-order chi connectivity index (χ0) is 17.7. The Labute approximate surface area is 147 Å². The topological polar surface area (TPSA) is 67.9 Å². The normalized spacial score (nSPS) is 20.1. The van der Waals surface area contributed by atoms with Crippen LogP contribution in [0.1, 0.15) is 18.4 Å². The highest BCUT2D eigenvalue weighted by atomic mass is 35.5. The Morgan fingerprint density at radius 1 is 1.38 bits per heavy atom. The molecule has 1 aliphatic heterocycles. The Balaban J connectivity index is 2.28. The zero-order valence-electron chi connectivity index (χ0n) is 14.2. The molecule has 132 valence electrons. The fourth-order valence-electron chi connectivity index (χ4n) is 3.31. The van der Waals surface area contributed by atoms with E-state index in [1.165, 1.54) is 7.11 Å². The summed E-state index contributed by atoms with van der Waals surface area (Å²) in [5.41, 5.74) is -0.253. The van der Waals surface area contributed by atoms with Crippen LogP contribution in [-0.4, -0.2) is 56.7 Å². The van der Waals surface area contributed by atoms with E-state index in [1.807, 2.05) is 0 Å². The van der Waals surface area contributed by atoms with Crippen LogP contribution >= 0.6 is 11.6 Å². The molecule has 1 unspecified atom stereocenters. The molecule has 24 heavy (non-hydrogen) atoms. The number of carbonyl (C=O) groups excluding carboxylic acids is 2. The minimum Gasteiger partial charge on any atom is -0.496 e. The van der Waals surface area contributed by atoms with Crippen LogP contribution in [0.2, 0.25) is 5.02 Å². The zero-order valence-corrected chi connectivity index (χ0v) is 15.0. The van der Waals surface area contributed by atoms with Crippen LogP contribution in [0, 0.1) is 0 Å². The van der Waals surface area contributed by atoms with E-state index in [2.05, 4.69) is 5.32 Å². The van der Waals surface area contributed by atoms with Crippen LogP contribution in [0.5, 0.6) is 5.75 Å². The third-order valence-corrected chi connectivity index (χ3v) is 4.64. The third kappa shape index (κ3) is 3.49. The number of ether oxygens (including phenoxy) is 2. The maximum atomic E-state index is 12.9. The highest BCUT2D eigenvalue weighted by Crippen LogP contribution is 2.32. The number of rotatable bonds is 6. The van der Waals surface area contributed by atoms with Crippen LogP contribution in [0.3, 0.4) is 0 Å². The molecule has 1 N–H and O–H groups in total. The number of nitrogens with one attached hydrogen (secondary N) is 1. The van der Waals surface area contributed by atoms with Crippen LogP contribution in [-0.2, 0) is 20.7 Å². The van der Waals surface area contributed by atoms with Gasteiger partial charge < -0.3 is 19.7 Å². The summed E-state index contributed by atoms with van der Waals surface area (Å²) in [7, 11) is 4.65. The molecule has 1 aromatic rings. The van der Waals surface area contributed by atoms with E-state index < -0.39 is 5.54 Å². The molecule has 7 heteroatoms. The molecule has 1 aliphatic rings. The monoisotopic (exact) mass is 354 g/mol. The fraction of sp³-hybridized carbons (Fsp3) is 0.529. The second-order valence-corrected chi connectivity index (χ2v) is 6.26. The minimum atomic E-state index is -0.952. The van der Waals surface area contributed by atoms with Gasteiger partial charge in [-0.2, -0.15) is 0 Å². The lowest BCUT2D eigenvalue weighted by Crippen LogP contribution is -2.59. The summed E-state index contributed by atoms with van der Waals surface area (Å²) in [6, 6.07) is 5.16. The van der Waals surface area contributed by atoms with Crippen molar-refractivity contribution < 1.29 is 19.1 Å². The number of nitrogens with zero attached hydrogens (tertiary/aromatic N) is 1. The number of hydrogen-bond donors (Lipinski definition) is 1. The Kier molecular flexibility index (Phi) is 6.07. The average Bonchev–Trinajstić information content (AvgIpc) is 2.99. The van der Waals surface area contributed by atoms with E-state index in [9.17, 15) is 9.59 Å². The summed E-state index contributed by atoms with van der Waals surface area (Å²) < 4.78 is 10.5. The predicted molar refractivity (Wildman–Crippen MR) is 91.3 cm³/mol. The third-order valence-electron chi connectivity index (χ3n) is 4.41. The summed E-state index contributed by atoms with van der Waals surface area (Å²) in [4.78, 5) is 27.0. The van der Waals surface area contributed by atoms with E-state index >= 15 is 0 Å². The summed E-state index contributed by atoms with van der Waals surface area (Å²) >= 11 is 6.03. The van der Waals surface area contributed by atoms with Gasteiger partial charge >= 0.3 is 0 Å². The smallest absolute Gasteiger partial charge is 0.248 e. The Morgan fingerprint density at radius 3 is 2.75 bits per heavy atom. The lowest BCUT2D eigenvalue weighted by Gasteiger charge is -2.36. The summed E-state index contributed by atoms with van der Waals surface area (Å²) in [5.74, 6) is 0.256. The Morgan fingerprint density at radius 2 is 2.12 bits per heavy atom. The molecule has 0 spiro atoms. The van der Waals surface area contributed by atoms with Crippen molar-refractivity contribution in [1.29, 1.82) is 0 Å². The van der Waals surface area contributed by atoms with Gasteiger partial charge in [0, 0.05) is 31.3 Å². The molecular weight excluding hydrogens is 332 g/mol. The van der Waals surface area contributed by atoms with Gasteiger partial charge in [0.2, 0.25) is 11.8 Å². The highest BCUT2D eigenvalue weighted by Gasteiger charge is 2.49. The SMILES string of the molecule is CNC(=O)C1(COC)CCCN1C(=O)Cc1cc(Cl)ccc1OC. The quantitative estimate of drug-likeness (QED) is 0.843. The van der Waals surface area contributed by atoms with Crippen LogP contribution in [0.4, 0.5) is 0 Å². The van der Waals surface area contributed by atoms with Gasteiger partial charge in [-0.3, -0.25) is 9.59 Å². The van der Waals surface area contributed by atoms with Crippen molar-refractivity contribution in [2.75, 3.05) is 34.4 Å². The molecule has 6 nitrogen and oxygen atoms in total. The maximum absolute atomic E-state index is 12.9. The van der Waals surface area contributed by atoms with Gasteiger partial charge in [0.05, 0.1) is 20.1 Å². The largest absolute Gasteiger partial charge is 0.496 e. The van der Waals surface area contributed by atoms with Gasteiger partial charge in [-0.1, -0.05) is 11.6 Å². The molecule has 2 rings (SSSR count). The van der Waals surface area contributed by atoms with Gasteiger partial charge in [0.25, 0.3) is 0 Å². The summed E-state index contributed by atoms with van der Waals surface area (Å²) in [6.07, 6.45) is 1.46. The van der Waals surface area contributed by atoms with Crippen molar-refractivity contribution >= 4 is 23.4 Å². The van der Waals surface area contributed by atoms with Crippen LogP contribution in [0.25, 0.3) is 0 Å². The lowest BCUT2D eigenvalue weighted by atomic mass is 9.95. The summed E-state index contributed by atoms with van der Waals surface area (Å²) in [6.45, 7) is 0.698. The molecule has 0 saturated carbocycles. The Bertz CT molecular complexity index is 623. The first-order chi connectivity index (χ1) is 11.5. The fourth-order valence-corrected chi connectivity index (χ4v) is 3.50. The van der Waals surface area contributed by atoms with E-state index in [1.54, 1.807) is 37.3 Å². The second kappa shape index (κ2) is 7.85. The molecule has 1 aromatic carbocycles. The lowest BCUT2D eigenvalue weighted by molar-refractivity contribution is -0.147.